The molecule has 0 aliphatic heterocycles. The summed E-state index contributed by atoms with van der Waals surface area (Å²) in [4.78, 5) is 8.96. The van der Waals surface area contributed by atoms with Crippen molar-refractivity contribution in [2.45, 2.75) is 45.1 Å². The van der Waals surface area contributed by atoms with Crippen LogP contribution in [0.15, 0.2) is 40.8 Å². The van der Waals surface area contributed by atoms with Gasteiger partial charge in [0.1, 0.15) is 0 Å². The molecule has 5 heteroatoms. The van der Waals surface area contributed by atoms with Crippen molar-refractivity contribution in [3.05, 3.63) is 41.4 Å². The van der Waals surface area contributed by atoms with Crippen molar-refractivity contribution in [1.82, 2.24) is 10.3 Å². The Balaban J connectivity index is 1.93. The van der Waals surface area contributed by atoms with E-state index >= 15 is 0 Å². The minimum Gasteiger partial charge on any atom is -0.401 e. The molecular formula is C19H30N4S. The number of aromatic nitrogens is 1. The molecule has 132 valence electrons. The molecule has 1 fully saturated rings. The van der Waals surface area contributed by atoms with Gasteiger partial charge in [0.05, 0.1) is 0 Å². The van der Waals surface area contributed by atoms with E-state index < -0.39 is 0 Å². The number of rotatable bonds is 8. The van der Waals surface area contributed by atoms with Gasteiger partial charge in [0, 0.05) is 42.1 Å². The van der Waals surface area contributed by atoms with Gasteiger partial charge in [0.2, 0.25) is 0 Å². The zero-order chi connectivity index (χ0) is 17.2. The Kier molecular flexibility index (Phi) is 8.33. The fourth-order valence-corrected chi connectivity index (χ4v) is 3.53. The summed E-state index contributed by atoms with van der Waals surface area (Å²) >= 11 is 1.78. The van der Waals surface area contributed by atoms with Gasteiger partial charge in [0.25, 0.3) is 0 Å². The van der Waals surface area contributed by atoms with E-state index in [-0.39, 0.29) is 0 Å². The molecule has 1 aliphatic rings. The van der Waals surface area contributed by atoms with E-state index in [9.17, 15) is 0 Å². The van der Waals surface area contributed by atoms with Crippen LogP contribution >= 0.6 is 11.8 Å². The molecule has 2 rings (SSSR count). The van der Waals surface area contributed by atoms with Crippen molar-refractivity contribution >= 4 is 17.5 Å². The maximum absolute atomic E-state index is 6.34. The van der Waals surface area contributed by atoms with Crippen LogP contribution in [0.4, 0.5) is 0 Å². The smallest absolute Gasteiger partial charge is 0.0398 e. The van der Waals surface area contributed by atoms with Crippen molar-refractivity contribution in [1.29, 1.82) is 0 Å². The third-order valence-electron chi connectivity index (χ3n) is 4.31. The van der Waals surface area contributed by atoms with Gasteiger partial charge in [-0.05, 0) is 62.1 Å². The molecule has 0 aromatic carbocycles. The van der Waals surface area contributed by atoms with E-state index in [4.69, 9.17) is 10.7 Å². The molecule has 4 nitrogen and oxygen atoms in total. The first-order valence-corrected chi connectivity index (χ1v) is 10.3. The van der Waals surface area contributed by atoms with Gasteiger partial charge < -0.3 is 11.1 Å². The minimum atomic E-state index is 0.498. The molecular weight excluding hydrogens is 316 g/mol. The monoisotopic (exact) mass is 346 g/mol. The maximum Gasteiger partial charge on any atom is 0.0398 e. The first-order valence-electron chi connectivity index (χ1n) is 8.87. The van der Waals surface area contributed by atoms with Crippen LogP contribution in [0.2, 0.25) is 0 Å². The largest absolute Gasteiger partial charge is 0.401 e. The van der Waals surface area contributed by atoms with Crippen LogP contribution < -0.4 is 11.1 Å². The molecule has 0 bridgehead atoms. The molecule has 1 heterocycles. The second-order valence-corrected chi connectivity index (χ2v) is 7.14. The highest BCUT2D eigenvalue weighted by atomic mass is 32.2. The lowest BCUT2D eigenvalue weighted by Gasteiger charge is -2.28. The van der Waals surface area contributed by atoms with Crippen LogP contribution in [0.1, 0.15) is 38.2 Å². The predicted molar refractivity (Wildman–Crippen MR) is 106 cm³/mol. The number of pyridine rings is 1. The normalized spacial score (nSPS) is 21.9. The molecule has 0 amide bonds. The molecule has 0 radical (unpaired) electrons. The summed E-state index contributed by atoms with van der Waals surface area (Å²) in [5, 5.41) is 3.69. The zero-order valence-electron chi connectivity index (χ0n) is 14.9. The van der Waals surface area contributed by atoms with Crippen molar-refractivity contribution in [3.63, 3.8) is 0 Å². The van der Waals surface area contributed by atoms with E-state index in [2.05, 4.69) is 29.5 Å². The highest BCUT2D eigenvalue weighted by Crippen LogP contribution is 2.24. The van der Waals surface area contributed by atoms with Crippen molar-refractivity contribution in [2.24, 2.45) is 10.7 Å². The fraction of sp³-hybridized carbons (Fsp3) is 0.579. The fourth-order valence-electron chi connectivity index (χ4n) is 3.05. The Bertz CT molecular complexity index is 554. The Labute approximate surface area is 150 Å². The quantitative estimate of drug-likeness (QED) is 0.759. The molecule has 24 heavy (non-hydrogen) atoms. The Morgan fingerprint density at radius 2 is 2.38 bits per heavy atom. The highest BCUT2D eigenvalue weighted by molar-refractivity contribution is 7.98. The summed E-state index contributed by atoms with van der Waals surface area (Å²) in [6.07, 6.45) is 11.2. The first kappa shape index (κ1) is 19.0. The number of nitrogens with one attached hydrogen (secondary N) is 1. The average molecular weight is 347 g/mol. The van der Waals surface area contributed by atoms with Crippen LogP contribution in [0.3, 0.4) is 0 Å². The summed E-state index contributed by atoms with van der Waals surface area (Å²) in [5.74, 6) is 0.892. The highest BCUT2D eigenvalue weighted by Gasteiger charge is 2.23. The van der Waals surface area contributed by atoms with E-state index in [1.807, 2.05) is 18.5 Å². The minimum absolute atomic E-state index is 0.498. The van der Waals surface area contributed by atoms with Gasteiger partial charge in [-0.3, -0.25) is 9.98 Å². The van der Waals surface area contributed by atoms with Gasteiger partial charge in [0.15, 0.2) is 0 Å². The summed E-state index contributed by atoms with van der Waals surface area (Å²) in [5.41, 5.74) is 11.2. The van der Waals surface area contributed by atoms with Crippen LogP contribution in [0, 0.1) is 0 Å². The first-order chi connectivity index (χ1) is 11.7. The van der Waals surface area contributed by atoms with Crippen LogP contribution in [-0.4, -0.2) is 41.8 Å². The SMILES string of the molecule is CCCN=C1CCC(NCCc2cccnc2)C/C1=C(/N)CSC. The third kappa shape index (κ3) is 5.95. The lowest BCUT2D eigenvalue weighted by atomic mass is 9.87. The van der Waals surface area contributed by atoms with Gasteiger partial charge >= 0.3 is 0 Å². The van der Waals surface area contributed by atoms with Crippen LogP contribution in [0.5, 0.6) is 0 Å². The molecule has 1 aromatic rings. The van der Waals surface area contributed by atoms with Gasteiger partial charge in [-0.1, -0.05) is 13.0 Å². The van der Waals surface area contributed by atoms with E-state index in [0.29, 0.717) is 6.04 Å². The lowest BCUT2D eigenvalue weighted by molar-refractivity contribution is 0.476. The van der Waals surface area contributed by atoms with Crippen LogP contribution in [0.25, 0.3) is 0 Å². The molecule has 1 atom stereocenters. The molecule has 1 unspecified atom stereocenters. The van der Waals surface area contributed by atoms with E-state index in [1.54, 1.807) is 11.8 Å². The maximum atomic E-state index is 6.34. The Morgan fingerprint density at radius 1 is 1.50 bits per heavy atom. The number of hydrogen-bond donors (Lipinski definition) is 2. The molecule has 0 saturated heterocycles. The summed E-state index contributed by atoms with van der Waals surface area (Å²) in [6, 6.07) is 4.63. The van der Waals surface area contributed by atoms with Crippen LogP contribution in [-0.2, 0) is 6.42 Å². The number of nitrogens with two attached hydrogens (primary N) is 1. The molecule has 1 aliphatic carbocycles. The topological polar surface area (TPSA) is 63.3 Å². The van der Waals surface area contributed by atoms with Crippen molar-refractivity contribution in [3.8, 4) is 0 Å². The second kappa shape index (κ2) is 10.5. The average Bonchev–Trinajstić information content (AvgIpc) is 2.61. The zero-order valence-corrected chi connectivity index (χ0v) is 15.7. The molecule has 3 N–H and O–H groups in total. The van der Waals surface area contributed by atoms with Gasteiger partial charge in [-0.15, -0.1) is 0 Å². The molecule has 0 spiro atoms. The summed E-state index contributed by atoms with van der Waals surface area (Å²) < 4.78 is 0. The number of thioether (sulfide) groups is 1. The molecule has 1 aromatic heterocycles. The predicted octanol–water partition coefficient (Wildman–Crippen LogP) is 3.19. The van der Waals surface area contributed by atoms with Crippen molar-refractivity contribution < 1.29 is 0 Å². The van der Waals surface area contributed by atoms with E-state index in [0.717, 1.165) is 56.6 Å². The summed E-state index contributed by atoms with van der Waals surface area (Å²) in [6.45, 7) is 4.06. The van der Waals surface area contributed by atoms with Crippen molar-refractivity contribution in [2.75, 3.05) is 25.1 Å². The van der Waals surface area contributed by atoms with Gasteiger partial charge in [-0.2, -0.15) is 11.8 Å². The summed E-state index contributed by atoms with van der Waals surface area (Å²) in [7, 11) is 0. The molecule has 1 saturated carbocycles. The Hall–Kier alpha value is -1.33. The third-order valence-corrected chi connectivity index (χ3v) is 4.91. The number of aliphatic imine (C=N–C) groups is 1. The van der Waals surface area contributed by atoms with Gasteiger partial charge in [-0.25, -0.2) is 0 Å². The number of hydrogen-bond acceptors (Lipinski definition) is 5. The van der Waals surface area contributed by atoms with E-state index in [1.165, 1.54) is 16.8 Å². The Morgan fingerprint density at radius 3 is 3.08 bits per heavy atom. The number of nitrogens with zero attached hydrogens (tertiary/aromatic N) is 2. The lowest BCUT2D eigenvalue weighted by Crippen LogP contribution is -2.37. The standard InChI is InChI=1S/C19H30N4S/c1-3-9-23-19-7-6-16(12-17(19)18(20)14-24-2)22-11-8-15-5-4-10-21-13-15/h4-5,10,13,16,22H,3,6-9,11-12,14,20H2,1-2H3/b18-17-,23-19?. The second-order valence-electron chi connectivity index (χ2n) is 6.27.